The third-order valence-electron chi connectivity index (χ3n) is 4.65. The Bertz CT molecular complexity index is 1220. The maximum Gasteiger partial charge on any atom is 0.228 e. The van der Waals surface area contributed by atoms with Gasteiger partial charge in [0.05, 0.1) is 29.3 Å². The molecule has 7 heteroatoms. The summed E-state index contributed by atoms with van der Waals surface area (Å²) in [5.74, 6) is 1.60. The molecule has 0 radical (unpaired) electrons. The Morgan fingerprint density at radius 2 is 1.87 bits per heavy atom. The Hall–Kier alpha value is -3.38. The number of rotatable bonds is 6. The minimum Gasteiger partial charge on any atom is -0.491 e. The van der Waals surface area contributed by atoms with Gasteiger partial charge in [0, 0.05) is 11.5 Å². The van der Waals surface area contributed by atoms with E-state index in [4.69, 9.17) is 21.3 Å². The van der Waals surface area contributed by atoms with Crippen molar-refractivity contribution in [1.29, 1.82) is 0 Å². The third-order valence-corrected chi connectivity index (χ3v) is 4.96. The van der Waals surface area contributed by atoms with Crippen molar-refractivity contribution in [3.8, 4) is 11.6 Å². The minimum atomic E-state index is -0.180. The van der Waals surface area contributed by atoms with Crippen LogP contribution >= 0.6 is 11.6 Å². The second kappa shape index (κ2) is 8.55. The smallest absolute Gasteiger partial charge is 0.228 e. The highest BCUT2D eigenvalue weighted by molar-refractivity contribution is 6.32. The average Bonchev–Trinajstić information content (AvgIpc) is 3.09. The first-order chi connectivity index (χ1) is 14.5. The van der Waals surface area contributed by atoms with E-state index in [0.717, 1.165) is 22.2 Å². The molecule has 4 rings (SSSR count). The van der Waals surface area contributed by atoms with Crippen LogP contribution in [-0.4, -0.2) is 27.3 Å². The molecule has 0 atom stereocenters. The summed E-state index contributed by atoms with van der Waals surface area (Å²) < 4.78 is 7.26. The molecule has 2 aromatic carbocycles. The van der Waals surface area contributed by atoms with Crippen molar-refractivity contribution in [2.75, 3.05) is 11.9 Å². The number of benzene rings is 2. The van der Waals surface area contributed by atoms with Crippen molar-refractivity contribution in [2.24, 2.45) is 0 Å². The van der Waals surface area contributed by atoms with E-state index in [0.29, 0.717) is 22.4 Å². The molecule has 152 valence electrons. The van der Waals surface area contributed by atoms with Gasteiger partial charge in [-0.25, -0.2) is 4.98 Å². The molecule has 4 aromatic rings. The molecule has 30 heavy (non-hydrogen) atoms. The largest absolute Gasteiger partial charge is 0.491 e. The molecule has 0 aliphatic heterocycles. The van der Waals surface area contributed by atoms with E-state index in [2.05, 4.69) is 10.4 Å². The molecule has 1 N–H and O–H groups in total. The number of carbonyl (C=O) groups is 1. The molecular formula is C23H21ClN4O2. The van der Waals surface area contributed by atoms with Crippen LogP contribution in [0, 0.1) is 13.8 Å². The number of nitrogens with one attached hydrogen (secondary N) is 1. The van der Waals surface area contributed by atoms with Crippen LogP contribution in [0.3, 0.4) is 0 Å². The number of anilines is 1. The zero-order valence-corrected chi connectivity index (χ0v) is 17.5. The summed E-state index contributed by atoms with van der Waals surface area (Å²) in [5, 5.41) is 9.03. The third kappa shape index (κ3) is 4.28. The number of hydrogen-bond acceptors (Lipinski definition) is 4. The van der Waals surface area contributed by atoms with Crippen molar-refractivity contribution in [1.82, 2.24) is 14.8 Å². The average molecular weight is 421 g/mol. The van der Waals surface area contributed by atoms with Gasteiger partial charge in [-0.05, 0) is 43.7 Å². The fourth-order valence-electron chi connectivity index (χ4n) is 3.22. The first-order valence-electron chi connectivity index (χ1n) is 9.62. The van der Waals surface area contributed by atoms with Crippen molar-refractivity contribution in [3.63, 3.8) is 0 Å². The van der Waals surface area contributed by atoms with E-state index >= 15 is 0 Å². The number of pyridine rings is 1. The Morgan fingerprint density at radius 3 is 2.70 bits per heavy atom. The molecule has 0 unspecified atom stereocenters. The van der Waals surface area contributed by atoms with E-state index in [1.165, 1.54) is 0 Å². The van der Waals surface area contributed by atoms with Gasteiger partial charge in [0.15, 0.2) is 5.82 Å². The van der Waals surface area contributed by atoms with Crippen LogP contribution in [0.15, 0.2) is 60.7 Å². The summed E-state index contributed by atoms with van der Waals surface area (Å²) in [6.45, 7) is 4.13. The molecule has 0 aliphatic carbocycles. The maximum absolute atomic E-state index is 12.5. The zero-order valence-electron chi connectivity index (χ0n) is 16.7. The number of ether oxygens (including phenoxy) is 1. The van der Waals surface area contributed by atoms with Crippen LogP contribution in [-0.2, 0) is 4.79 Å². The maximum atomic E-state index is 12.5. The van der Waals surface area contributed by atoms with Crippen molar-refractivity contribution in [2.45, 2.75) is 20.3 Å². The molecule has 0 aliphatic rings. The molecule has 2 aromatic heterocycles. The fourth-order valence-corrected chi connectivity index (χ4v) is 3.41. The first-order valence-corrected chi connectivity index (χ1v) is 9.99. The molecule has 1 amide bonds. The van der Waals surface area contributed by atoms with Gasteiger partial charge in [0.1, 0.15) is 11.6 Å². The second-order valence-electron chi connectivity index (χ2n) is 6.97. The molecule has 0 bridgehead atoms. The zero-order chi connectivity index (χ0) is 21.1. The van der Waals surface area contributed by atoms with Gasteiger partial charge in [-0.1, -0.05) is 41.9 Å². The predicted molar refractivity (Wildman–Crippen MR) is 119 cm³/mol. The summed E-state index contributed by atoms with van der Waals surface area (Å²) in [6.07, 6.45) is 0.180. The lowest BCUT2D eigenvalue weighted by atomic mass is 10.1. The number of hydrogen-bond donors (Lipinski definition) is 1. The van der Waals surface area contributed by atoms with Gasteiger partial charge in [0.2, 0.25) is 5.91 Å². The Kier molecular flexibility index (Phi) is 5.68. The normalized spacial score (nSPS) is 10.9. The summed E-state index contributed by atoms with van der Waals surface area (Å²) in [6, 6.07) is 18.9. The summed E-state index contributed by atoms with van der Waals surface area (Å²) >= 11 is 6.07. The Balaban J connectivity index is 1.50. The quantitative estimate of drug-likeness (QED) is 0.471. The highest BCUT2D eigenvalue weighted by Gasteiger charge is 2.14. The Morgan fingerprint density at radius 1 is 1.10 bits per heavy atom. The van der Waals surface area contributed by atoms with Gasteiger partial charge in [-0.15, -0.1) is 0 Å². The summed E-state index contributed by atoms with van der Waals surface area (Å²) in [4.78, 5) is 17.2. The second-order valence-corrected chi connectivity index (χ2v) is 7.38. The molecule has 2 heterocycles. The lowest BCUT2D eigenvalue weighted by Gasteiger charge is -2.11. The molecule has 0 saturated carbocycles. The predicted octanol–water partition coefficient (Wildman–Crippen LogP) is 5.10. The van der Waals surface area contributed by atoms with E-state index in [-0.39, 0.29) is 18.9 Å². The van der Waals surface area contributed by atoms with Crippen LogP contribution < -0.4 is 10.1 Å². The van der Waals surface area contributed by atoms with Crippen molar-refractivity contribution >= 4 is 34.2 Å². The number of fused-ring (bicyclic) bond motifs is 1. The van der Waals surface area contributed by atoms with Gasteiger partial charge in [-0.2, -0.15) is 9.78 Å². The van der Waals surface area contributed by atoms with Crippen LogP contribution in [0.1, 0.15) is 17.7 Å². The minimum absolute atomic E-state index is 0.180. The van der Waals surface area contributed by atoms with E-state index in [1.807, 2.05) is 62.4 Å². The van der Waals surface area contributed by atoms with Gasteiger partial charge in [0.25, 0.3) is 0 Å². The number of nitrogens with zero attached hydrogens (tertiary/aromatic N) is 3. The highest BCUT2D eigenvalue weighted by atomic mass is 35.5. The monoisotopic (exact) mass is 420 g/mol. The Labute approximate surface area is 179 Å². The van der Waals surface area contributed by atoms with Gasteiger partial charge >= 0.3 is 0 Å². The number of aryl methyl sites for hydroxylation is 2. The van der Waals surface area contributed by atoms with E-state index in [9.17, 15) is 4.79 Å². The molecule has 6 nitrogen and oxygen atoms in total. The van der Waals surface area contributed by atoms with Crippen molar-refractivity contribution < 1.29 is 9.53 Å². The van der Waals surface area contributed by atoms with Crippen LogP contribution in [0.2, 0.25) is 5.02 Å². The lowest BCUT2D eigenvalue weighted by molar-refractivity contribution is -0.116. The van der Waals surface area contributed by atoms with Crippen LogP contribution in [0.25, 0.3) is 16.7 Å². The van der Waals surface area contributed by atoms with Crippen LogP contribution in [0.4, 0.5) is 5.82 Å². The summed E-state index contributed by atoms with van der Waals surface area (Å²) in [5.41, 5.74) is 2.76. The first kappa shape index (κ1) is 19.9. The molecule has 0 saturated heterocycles. The SMILES string of the molecule is Cc1cc(NC(=O)CCOc2ccccc2Cl)n(-c2cc(C)c3ccccc3n2)n1. The van der Waals surface area contributed by atoms with Crippen LogP contribution in [0.5, 0.6) is 5.75 Å². The number of para-hydroxylation sites is 2. The fraction of sp³-hybridized carbons (Fsp3) is 0.174. The van der Waals surface area contributed by atoms with Gasteiger partial charge in [-0.3, -0.25) is 4.79 Å². The topological polar surface area (TPSA) is 69.0 Å². The molecular weight excluding hydrogens is 400 g/mol. The number of aromatic nitrogens is 3. The number of carbonyl (C=O) groups excluding carboxylic acids is 1. The van der Waals surface area contributed by atoms with Gasteiger partial charge < -0.3 is 10.1 Å². The lowest BCUT2D eigenvalue weighted by Crippen LogP contribution is -2.18. The molecule has 0 spiro atoms. The number of halogens is 1. The highest BCUT2D eigenvalue weighted by Crippen LogP contribution is 2.24. The number of amides is 1. The molecule has 0 fully saturated rings. The van der Waals surface area contributed by atoms with E-state index < -0.39 is 0 Å². The van der Waals surface area contributed by atoms with Crippen molar-refractivity contribution in [3.05, 3.63) is 76.9 Å². The standard InChI is InChI=1S/C23H21ClN4O2/c1-15-13-21(25-19-9-5-3-7-17(15)19)28-22(14-16(2)27-28)26-23(29)11-12-30-20-10-6-4-8-18(20)24/h3-10,13-14H,11-12H2,1-2H3,(H,26,29). The summed E-state index contributed by atoms with van der Waals surface area (Å²) in [7, 11) is 0. The van der Waals surface area contributed by atoms with E-state index in [1.54, 1.807) is 16.8 Å².